The lowest BCUT2D eigenvalue weighted by Gasteiger charge is -2.32. The molecule has 2 saturated carbocycles. The van der Waals surface area contributed by atoms with Gasteiger partial charge in [0.2, 0.25) is 0 Å². The zero-order valence-electron chi connectivity index (χ0n) is 7.70. The number of Topliss-reactive ketones (excluding diaryl/α,β-unsaturated/α-hetero) is 1. The Morgan fingerprint density at radius 1 is 1.15 bits per heavy atom. The Morgan fingerprint density at radius 3 is 2.54 bits per heavy atom. The third-order valence-corrected chi connectivity index (χ3v) is 3.99. The van der Waals surface area contributed by atoms with Crippen molar-refractivity contribution >= 4 is 5.78 Å². The van der Waals surface area contributed by atoms with Crippen molar-refractivity contribution in [2.75, 3.05) is 0 Å². The van der Waals surface area contributed by atoms with E-state index in [4.69, 9.17) is 0 Å². The van der Waals surface area contributed by atoms with Gasteiger partial charge in [0, 0.05) is 12.3 Å². The summed E-state index contributed by atoms with van der Waals surface area (Å²) in [4.78, 5) is 11.7. The molecule has 3 aliphatic rings. The second-order valence-corrected chi connectivity index (χ2v) is 4.62. The van der Waals surface area contributed by atoms with Gasteiger partial charge in [-0.15, -0.1) is 0 Å². The van der Waals surface area contributed by atoms with Gasteiger partial charge in [-0.1, -0.05) is 24.3 Å². The van der Waals surface area contributed by atoms with Crippen molar-refractivity contribution in [3.8, 4) is 0 Å². The predicted octanol–water partition coefficient (Wildman–Crippen LogP) is 2.34. The highest BCUT2D eigenvalue weighted by Gasteiger charge is 2.50. The fraction of sp³-hybridized carbons (Fsp3) is 0.583. The van der Waals surface area contributed by atoms with Gasteiger partial charge in [-0.25, -0.2) is 0 Å². The van der Waals surface area contributed by atoms with E-state index >= 15 is 0 Å². The van der Waals surface area contributed by atoms with Crippen LogP contribution < -0.4 is 0 Å². The summed E-state index contributed by atoms with van der Waals surface area (Å²) in [5.41, 5.74) is 1.33. The van der Waals surface area contributed by atoms with Gasteiger partial charge in [-0.2, -0.15) is 0 Å². The SMILES string of the molecule is C=C1CCC(=O)[C@H]2[C@@H]1[C@H]1C=C[C@@H]2C1. The molecule has 0 aromatic heterocycles. The summed E-state index contributed by atoms with van der Waals surface area (Å²) in [5.74, 6) is 2.52. The van der Waals surface area contributed by atoms with Gasteiger partial charge < -0.3 is 0 Å². The molecule has 0 radical (unpaired) electrons. The highest BCUT2D eigenvalue weighted by atomic mass is 16.1. The summed E-state index contributed by atoms with van der Waals surface area (Å²) in [6.45, 7) is 4.12. The average molecular weight is 174 g/mol. The monoisotopic (exact) mass is 174 g/mol. The largest absolute Gasteiger partial charge is 0.299 e. The maximum Gasteiger partial charge on any atom is 0.137 e. The number of carbonyl (C=O) groups excluding carboxylic acids is 1. The Morgan fingerprint density at radius 2 is 1.85 bits per heavy atom. The first-order chi connectivity index (χ1) is 6.27. The third-order valence-electron chi connectivity index (χ3n) is 3.99. The third kappa shape index (κ3) is 0.849. The van der Waals surface area contributed by atoms with Crippen LogP contribution in [0.4, 0.5) is 0 Å². The van der Waals surface area contributed by atoms with Crippen LogP contribution in [-0.2, 0) is 4.79 Å². The van der Waals surface area contributed by atoms with Crippen LogP contribution in [-0.4, -0.2) is 5.78 Å². The lowest BCUT2D eigenvalue weighted by Crippen LogP contribution is -2.32. The molecule has 0 saturated heterocycles. The fourth-order valence-corrected chi connectivity index (χ4v) is 3.43. The number of hydrogen-bond acceptors (Lipinski definition) is 1. The topological polar surface area (TPSA) is 17.1 Å². The maximum absolute atomic E-state index is 11.7. The van der Waals surface area contributed by atoms with E-state index in [2.05, 4.69) is 18.7 Å². The molecule has 1 nitrogen and oxygen atoms in total. The van der Waals surface area contributed by atoms with E-state index in [9.17, 15) is 4.79 Å². The number of fused-ring (bicyclic) bond motifs is 5. The molecule has 1 heteroatoms. The fourth-order valence-electron chi connectivity index (χ4n) is 3.43. The van der Waals surface area contributed by atoms with E-state index in [1.54, 1.807) is 0 Å². The number of ketones is 1. The number of allylic oxidation sites excluding steroid dienone is 3. The minimum absolute atomic E-state index is 0.316. The molecule has 0 aliphatic heterocycles. The molecule has 2 fully saturated rings. The van der Waals surface area contributed by atoms with Crippen LogP contribution in [0.1, 0.15) is 19.3 Å². The molecule has 0 unspecified atom stereocenters. The Hall–Kier alpha value is -0.850. The van der Waals surface area contributed by atoms with Crippen molar-refractivity contribution < 1.29 is 4.79 Å². The van der Waals surface area contributed by atoms with Gasteiger partial charge in [0.05, 0.1) is 0 Å². The first kappa shape index (κ1) is 7.54. The zero-order valence-corrected chi connectivity index (χ0v) is 7.70. The van der Waals surface area contributed by atoms with Gasteiger partial charge in [-0.3, -0.25) is 4.79 Å². The molecule has 3 aliphatic carbocycles. The number of hydrogen-bond donors (Lipinski definition) is 0. The van der Waals surface area contributed by atoms with E-state index in [-0.39, 0.29) is 0 Å². The predicted molar refractivity (Wildman–Crippen MR) is 51.1 cm³/mol. The smallest absolute Gasteiger partial charge is 0.137 e. The van der Waals surface area contributed by atoms with Gasteiger partial charge >= 0.3 is 0 Å². The van der Waals surface area contributed by atoms with Crippen LogP contribution in [0.25, 0.3) is 0 Å². The van der Waals surface area contributed by atoms with E-state index in [0.717, 1.165) is 12.8 Å². The molecule has 0 spiro atoms. The summed E-state index contributed by atoms with van der Waals surface area (Å²) in [6.07, 6.45) is 7.45. The van der Waals surface area contributed by atoms with Crippen molar-refractivity contribution in [2.45, 2.75) is 19.3 Å². The van der Waals surface area contributed by atoms with Crippen molar-refractivity contribution in [1.29, 1.82) is 0 Å². The van der Waals surface area contributed by atoms with Crippen molar-refractivity contribution in [3.05, 3.63) is 24.3 Å². The number of rotatable bonds is 0. The van der Waals surface area contributed by atoms with Crippen LogP contribution in [0.5, 0.6) is 0 Å². The lowest BCUT2D eigenvalue weighted by atomic mass is 9.70. The molecule has 13 heavy (non-hydrogen) atoms. The summed E-state index contributed by atoms with van der Waals surface area (Å²) in [7, 11) is 0. The minimum Gasteiger partial charge on any atom is -0.299 e. The second-order valence-electron chi connectivity index (χ2n) is 4.62. The second kappa shape index (κ2) is 2.34. The Balaban J connectivity index is 2.03. The summed E-state index contributed by atoms with van der Waals surface area (Å²) < 4.78 is 0. The Bertz CT molecular complexity index is 283. The molecule has 68 valence electrons. The molecule has 0 amide bonds. The van der Waals surface area contributed by atoms with Crippen LogP contribution in [0.3, 0.4) is 0 Å². The van der Waals surface area contributed by atoms with Gasteiger partial charge in [0.15, 0.2) is 0 Å². The van der Waals surface area contributed by atoms with Crippen molar-refractivity contribution in [1.82, 2.24) is 0 Å². The molecule has 0 heterocycles. The van der Waals surface area contributed by atoms with Crippen LogP contribution in [0.15, 0.2) is 24.3 Å². The molecule has 0 aromatic carbocycles. The van der Waals surface area contributed by atoms with E-state index in [1.807, 2.05) is 0 Å². The molecular weight excluding hydrogens is 160 g/mol. The summed E-state index contributed by atoms with van der Waals surface area (Å²) in [5, 5.41) is 0. The lowest BCUT2D eigenvalue weighted by molar-refractivity contribution is -0.125. The summed E-state index contributed by atoms with van der Waals surface area (Å²) in [6, 6.07) is 0. The average Bonchev–Trinajstić information content (AvgIpc) is 2.70. The van der Waals surface area contributed by atoms with E-state index in [0.29, 0.717) is 29.5 Å². The molecular formula is C12H14O. The van der Waals surface area contributed by atoms with Crippen molar-refractivity contribution in [3.63, 3.8) is 0 Å². The quantitative estimate of drug-likeness (QED) is 0.515. The first-order valence-electron chi connectivity index (χ1n) is 5.16. The van der Waals surface area contributed by atoms with Crippen LogP contribution >= 0.6 is 0 Å². The van der Waals surface area contributed by atoms with Gasteiger partial charge in [0.25, 0.3) is 0 Å². The summed E-state index contributed by atoms with van der Waals surface area (Å²) >= 11 is 0. The van der Waals surface area contributed by atoms with Gasteiger partial charge in [-0.05, 0) is 30.6 Å². The van der Waals surface area contributed by atoms with Crippen LogP contribution in [0, 0.1) is 23.7 Å². The van der Waals surface area contributed by atoms with Crippen LogP contribution in [0.2, 0.25) is 0 Å². The van der Waals surface area contributed by atoms with Gasteiger partial charge in [0.1, 0.15) is 5.78 Å². The maximum atomic E-state index is 11.7. The van der Waals surface area contributed by atoms with E-state index < -0.39 is 0 Å². The highest BCUT2D eigenvalue weighted by molar-refractivity contribution is 5.84. The Kier molecular flexibility index (Phi) is 1.36. The zero-order chi connectivity index (χ0) is 9.00. The normalized spacial score (nSPS) is 47.1. The van der Waals surface area contributed by atoms with Crippen molar-refractivity contribution in [2.24, 2.45) is 23.7 Å². The number of carbonyl (C=O) groups is 1. The molecule has 0 N–H and O–H groups in total. The first-order valence-corrected chi connectivity index (χ1v) is 5.16. The highest BCUT2D eigenvalue weighted by Crippen LogP contribution is 2.54. The van der Waals surface area contributed by atoms with E-state index in [1.165, 1.54) is 12.0 Å². The standard InChI is InChI=1S/C12H14O/c1-7-2-5-10(13)12-9-4-3-8(6-9)11(7)12/h3-4,8-9,11-12H,1-2,5-6H2/t8-,9+,11-,12-/m0/s1. The molecule has 0 aromatic rings. The minimum atomic E-state index is 0.316. The molecule has 2 bridgehead atoms. The molecule has 3 rings (SSSR count). The Labute approximate surface area is 78.5 Å². The molecule has 4 atom stereocenters.